The lowest BCUT2D eigenvalue weighted by atomic mass is 10.1. The minimum absolute atomic E-state index is 0.0418. The molecule has 0 aromatic heterocycles. The predicted octanol–water partition coefficient (Wildman–Crippen LogP) is 1.56. The van der Waals surface area contributed by atoms with Crippen LogP contribution in [0.1, 0.15) is 32.8 Å². The molecule has 2 fully saturated rings. The summed E-state index contributed by atoms with van der Waals surface area (Å²) < 4.78 is 5.43. The molecule has 1 atom stereocenters. The average Bonchev–Trinajstić information content (AvgIpc) is 3.11. The number of piperazine rings is 1. The smallest absolute Gasteiger partial charge is 0.228 e. The highest BCUT2D eigenvalue weighted by Crippen LogP contribution is 2.23. The van der Waals surface area contributed by atoms with Crippen LogP contribution >= 0.6 is 0 Å². The molecule has 2 aliphatic heterocycles. The number of carbonyl (C=O) groups excluding carboxylic acids is 3. The van der Waals surface area contributed by atoms with E-state index in [-0.39, 0.29) is 29.7 Å². The monoisotopic (exact) mass is 401 g/mol. The summed E-state index contributed by atoms with van der Waals surface area (Å²) in [4.78, 5) is 42.9. The standard InChI is InChI=1S/C22H31N3O4/c1-4-29-19-7-5-17(6-8-19)13-20(26)23-9-11-24(12-10-23)22(28)18-14-21(27)25(15-18)16(2)3/h5-8,16,18H,4,9-15H2,1-3H3. The van der Waals surface area contributed by atoms with E-state index in [1.165, 1.54) is 0 Å². The van der Waals surface area contributed by atoms with Crippen molar-refractivity contribution in [3.63, 3.8) is 0 Å². The second-order valence-corrected chi connectivity index (χ2v) is 8.00. The Bertz CT molecular complexity index is 739. The topological polar surface area (TPSA) is 70.2 Å². The third kappa shape index (κ3) is 5.08. The van der Waals surface area contributed by atoms with E-state index >= 15 is 0 Å². The molecular formula is C22H31N3O4. The Hall–Kier alpha value is -2.57. The predicted molar refractivity (Wildman–Crippen MR) is 109 cm³/mol. The number of nitrogens with zero attached hydrogens (tertiary/aromatic N) is 3. The first kappa shape index (κ1) is 21.1. The fraction of sp³-hybridized carbons (Fsp3) is 0.591. The molecule has 1 aromatic rings. The molecule has 3 rings (SSSR count). The third-order valence-corrected chi connectivity index (χ3v) is 5.66. The first-order chi connectivity index (χ1) is 13.9. The van der Waals surface area contributed by atoms with Gasteiger partial charge in [0, 0.05) is 45.2 Å². The molecule has 2 heterocycles. The molecule has 3 amide bonds. The van der Waals surface area contributed by atoms with Crippen molar-refractivity contribution in [3.05, 3.63) is 29.8 Å². The maximum atomic E-state index is 12.8. The van der Waals surface area contributed by atoms with Crippen LogP contribution in [-0.2, 0) is 20.8 Å². The Kier molecular flexibility index (Phi) is 6.77. The first-order valence-corrected chi connectivity index (χ1v) is 10.5. The van der Waals surface area contributed by atoms with E-state index < -0.39 is 0 Å². The van der Waals surface area contributed by atoms with Gasteiger partial charge in [-0.2, -0.15) is 0 Å². The molecular weight excluding hydrogens is 370 g/mol. The Labute approximate surface area is 172 Å². The summed E-state index contributed by atoms with van der Waals surface area (Å²) in [7, 11) is 0. The molecule has 1 unspecified atom stereocenters. The van der Waals surface area contributed by atoms with Gasteiger partial charge in [-0.1, -0.05) is 12.1 Å². The van der Waals surface area contributed by atoms with Gasteiger partial charge in [-0.15, -0.1) is 0 Å². The van der Waals surface area contributed by atoms with Crippen molar-refractivity contribution in [1.82, 2.24) is 14.7 Å². The minimum atomic E-state index is -0.254. The number of ether oxygens (including phenoxy) is 1. The zero-order valence-electron chi connectivity index (χ0n) is 17.6. The van der Waals surface area contributed by atoms with Crippen molar-refractivity contribution in [3.8, 4) is 5.75 Å². The summed E-state index contributed by atoms with van der Waals surface area (Å²) in [6.45, 7) is 9.14. The molecule has 2 aliphatic rings. The Morgan fingerprint density at radius 3 is 2.24 bits per heavy atom. The van der Waals surface area contributed by atoms with E-state index in [1.807, 2.05) is 54.8 Å². The number of amides is 3. The quantitative estimate of drug-likeness (QED) is 0.725. The van der Waals surface area contributed by atoms with Crippen molar-refractivity contribution in [2.45, 2.75) is 39.7 Å². The van der Waals surface area contributed by atoms with Crippen LogP contribution in [0.5, 0.6) is 5.75 Å². The Balaban J connectivity index is 1.48. The maximum Gasteiger partial charge on any atom is 0.228 e. The molecule has 158 valence electrons. The molecule has 1 aromatic carbocycles. The van der Waals surface area contributed by atoms with Crippen LogP contribution < -0.4 is 4.74 Å². The van der Waals surface area contributed by atoms with Gasteiger partial charge in [-0.05, 0) is 38.5 Å². The third-order valence-electron chi connectivity index (χ3n) is 5.66. The highest BCUT2D eigenvalue weighted by atomic mass is 16.5. The van der Waals surface area contributed by atoms with Gasteiger partial charge in [0.15, 0.2) is 0 Å². The van der Waals surface area contributed by atoms with Gasteiger partial charge in [-0.25, -0.2) is 0 Å². The number of carbonyl (C=O) groups is 3. The average molecular weight is 402 g/mol. The van der Waals surface area contributed by atoms with E-state index in [0.29, 0.717) is 52.2 Å². The van der Waals surface area contributed by atoms with Crippen LogP contribution in [0.25, 0.3) is 0 Å². The zero-order valence-corrected chi connectivity index (χ0v) is 17.6. The van der Waals surface area contributed by atoms with E-state index in [1.54, 1.807) is 4.90 Å². The van der Waals surface area contributed by atoms with Crippen LogP contribution in [-0.4, -0.2) is 77.8 Å². The highest BCUT2D eigenvalue weighted by Gasteiger charge is 2.38. The van der Waals surface area contributed by atoms with Gasteiger partial charge in [0.2, 0.25) is 17.7 Å². The number of rotatable bonds is 6. The van der Waals surface area contributed by atoms with Gasteiger partial charge in [0.05, 0.1) is 18.9 Å². The molecule has 0 bridgehead atoms. The molecule has 7 nitrogen and oxygen atoms in total. The summed E-state index contributed by atoms with van der Waals surface area (Å²) >= 11 is 0. The van der Waals surface area contributed by atoms with E-state index in [9.17, 15) is 14.4 Å². The van der Waals surface area contributed by atoms with Gasteiger partial charge in [0.1, 0.15) is 5.75 Å². The second-order valence-electron chi connectivity index (χ2n) is 8.00. The van der Waals surface area contributed by atoms with Crippen molar-refractivity contribution in [1.29, 1.82) is 0 Å². The zero-order chi connectivity index (χ0) is 21.0. The van der Waals surface area contributed by atoms with Crippen molar-refractivity contribution < 1.29 is 19.1 Å². The number of hydrogen-bond donors (Lipinski definition) is 0. The molecule has 0 radical (unpaired) electrons. The summed E-state index contributed by atoms with van der Waals surface area (Å²) in [5.41, 5.74) is 0.954. The second kappa shape index (κ2) is 9.29. The highest BCUT2D eigenvalue weighted by molar-refractivity contribution is 5.89. The van der Waals surface area contributed by atoms with Gasteiger partial charge in [0.25, 0.3) is 0 Å². The van der Waals surface area contributed by atoms with Crippen LogP contribution in [0.2, 0.25) is 0 Å². The molecule has 29 heavy (non-hydrogen) atoms. The molecule has 0 spiro atoms. The van der Waals surface area contributed by atoms with Crippen molar-refractivity contribution in [2.75, 3.05) is 39.3 Å². The fourth-order valence-electron chi connectivity index (χ4n) is 3.99. The summed E-state index contributed by atoms with van der Waals surface area (Å²) in [6, 6.07) is 7.72. The molecule has 0 aliphatic carbocycles. The van der Waals surface area contributed by atoms with Crippen LogP contribution in [0.15, 0.2) is 24.3 Å². The van der Waals surface area contributed by atoms with E-state index in [0.717, 1.165) is 11.3 Å². The van der Waals surface area contributed by atoms with E-state index in [4.69, 9.17) is 4.74 Å². The van der Waals surface area contributed by atoms with E-state index in [2.05, 4.69) is 0 Å². The number of benzene rings is 1. The summed E-state index contributed by atoms with van der Waals surface area (Å²) in [5.74, 6) is 0.721. The molecule has 0 saturated carbocycles. The number of hydrogen-bond acceptors (Lipinski definition) is 4. The van der Waals surface area contributed by atoms with Gasteiger partial charge < -0.3 is 19.4 Å². The minimum Gasteiger partial charge on any atom is -0.494 e. The maximum absolute atomic E-state index is 12.8. The lowest BCUT2D eigenvalue weighted by Crippen LogP contribution is -2.52. The first-order valence-electron chi connectivity index (χ1n) is 10.5. The van der Waals surface area contributed by atoms with Gasteiger partial charge in [-0.3, -0.25) is 14.4 Å². The van der Waals surface area contributed by atoms with Crippen LogP contribution in [0.4, 0.5) is 0 Å². The lowest BCUT2D eigenvalue weighted by Gasteiger charge is -2.36. The summed E-state index contributed by atoms with van der Waals surface area (Å²) in [6.07, 6.45) is 0.648. The Morgan fingerprint density at radius 2 is 1.69 bits per heavy atom. The van der Waals surface area contributed by atoms with Crippen LogP contribution in [0, 0.1) is 5.92 Å². The van der Waals surface area contributed by atoms with Crippen LogP contribution in [0.3, 0.4) is 0 Å². The van der Waals surface area contributed by atoms with Gasteiger partial charge >= 0.3 is 0 Å². The SMILES string of the molecule is CCOc1ccc(CC(=O)N2CCN(C(=O)C3CC(=O)N(C(C)C)C3)CC2)cc1. The van der Waals surface area contributed by atoms with Crippen molar-refractivity contribution in [2.24, 2.45) is 5.92 Å². The molecule has 2 saturated heterocycles. The summed E-state index contributed by atoms with van der Waals surface area (Å²) in [5, 5.41) is 0. The van der Waals surface area contributed by atoms with Crippen molar-refractivity contribution >= 4 is 17.7 Å². The number of likely N-dealkylation sites (tertiary alicyclic amines) is 1. The fourth-order valence-corrected chi connectivity index (χ4v) is 3.99. The normalized spacial score (nSPS) is 19.8. The largest absolute Gasteiger partial charge is 0.494 e. The molecule has 0 N–H and O–H groups in total. The lowest BCUT2D eigenvalue weighted by molar-refractivity contribution is -0.141. The Morgan fingerprint density at radius 1 is 1.07 bits per heavy atom. The molecule has 7 heteroatoms.